The molecule has 3 nitrogen and oxygen atoms in total. The van der Waals surface area contributed by atoms with Crippen LogP contribution in [0.15, 0.2) is 10.5 Å². The van der Waals surface area contributed by atoms with Crippen molar-refractivity contribution in [1.29, 1.82) is 0 Å². The van der Waals surface area contributed by atoms with Gasteiger partial charge in [-0.15, -0.1) is 0 Å². The van der Waals surface area contributed by atoms with Gasteiger partial charge in [-0.05, 0) is 31.6 Å². The minimum Gasteiger partial charge on any atom is -0.282 e. The highest BCUT2D eigenvalue weighted by Gasteiger charge is 2.35. The number of rotatable bonds is 1. The summed E-state index contributed by atoms with van der Waals surface area (Å²) >= 11 is 0. The maximum Gasteiger partial charge on any atom is 0.290 e. The summed E-state index contributed by atoms with van der Waals surface area (Å²) in [6.45, 7) is 0. The van der Waals surface area contributed by atoms with Gasteiger partial charge in [-0.1, -0.05) is 5.57 Å². The molecule has 0 spiro atoms. The van der Waals surface area contributed by atoms with Gasteiger partial charge in [-0.3, -0.25) is 4.55 Å². The SMILES string of the molecule is O=S(=O)(O)C1=C2CCC(C2)C1. The van der Waals surface area contributed by atoms with Gasteiger partial charge >= 0.3 is 0 Å². The largest absolute Gasteiger partial charge is 0.290 e. The molecule has 2 rings (SSSR count). The Morgan fingerprint density at radius 2 is 2.09 bits per heavy atom. The number of hydrogen-bond acceptors (Lipinski definition) is 2. The molecule has 0 amide bonds. The Hall–Kier alpha value is -0.350. The zero-order chi connectivity index (χ0) is 8.06. The van der Waals surface area contributed by atoms with E-state index in [1.165, 1.54) is 0 Å². The van der Waals surface area contributed by atoms with Crippen LogP contribution >= 0.6 is 0 Å². The van der Waals surface area contributed by atoms with E-state index in [1.807, 2.05) is 0 Å². The monoisotopic (exact) mass is 174 g/mol. The van der Waals surface area contributed by atoms with Crippen LogP contribution in [-0.2, 0) is 10.1 Å². The van der Waals surface area contributed by atoms with Gasteiger partial charge in [0.2, 0.25) is 0 Å². The Labute approximate surface area is 65.9 Å². The van der Waals surface area contributed by atoms with Crippen molar-refractivity contribution in [2.24, 2.45) is 5.92 Å². The predicted molar refractivity (Wildman–Crippen MR) is 40.5 cm³/mol. The van der Waals surface area contributed by atoms with E-state index in [9.17, 15) is 8.42 Å². The smallest absolute Gasteiger partial charge is 0.282 e. The zero-order valence-corrected chi connectivity index (χ0v) is 6.89. The van der Waals surface area contributed by atoms with E-state index < -0.39 is 10.1 Å². The molecule has 0 aromatic heterocycles. The average Bonchev–Trinajstić information content (AvgIpc) is 2.42. The summed E-state index contributed by atoms with van der Waals surface area (Å²) < 4.78 is 30.2. The lowest BCUT2D eigenvalue weighted by atomic mass is 10.1. The van der Waals surface area contributed by atoms with E-state index >= 15 is 0 Å². The van der Waals surface area contributed by atoms with Gasteiger partial charge in [0.1, 0.15) is 0 Å². The molecule has 0 heterocycles. The minimum absolute atomic E-state index is 0.314. The van der Waals surface area contributed by atoms with E-state index in [0.29, 0.717) is 17.2 Å². The second-order valence-electron chi connectivity index (χ2n) is 3.31. The highest BCUT2D eigenvalue weighted by molar-refractivity contribution is 7.89. The number of hydrogen-bond donors (Lipinski definition) is 1. The van der Waals surface area contributed by atoms with E-state index in [0.717, 1.165) is 24.8 Å². The molecule has 11 heavy (non-hydrogen) atoms. The van der Waals surface area contributed by atoms with Crippen molar-refractivity contribution in [2.45, 2.75) is 25.7 Å². The lowest BCUT2D eigenvalue weighted by Gasteiger charge is -2.07. The molecule has 1 atom stereocenters. The van der Waals surface area contributed by atoms with Crippen LogP contribution in [0.1, 0.15) is 25.7 Å². The van der Waals surface area contributed by atoms with Gasteiger partial charge in [0.25, 0.3) is 10.1 Å². The van der Waals surface area contributed by atoms with E-state index in [2.05, 4.69) is 0 Å². The molecule has 0 aliphatic heterocycles. The molecule has 4 heteroatoms. The molecule has 1 fully saturated rings. The minimum atomic E-state index is -3.85. The Kier molecular flexibility index (Phi) is 1.38. The maximum absolute atomic E-state index is 10.7. The van der Waals surface area contributed by atoms with Crippen molar-refractivity contribution < 1.29 is 13.0 Å². The van der Waals surface area contributed by atoms with Crippen molar-refractivity contribution >= 4 is 10.1 Å². The Balaban J connectivity index is 2.43. The van der Waals surface area contributed by atoms with E-state index in [-0.39, 0.29) is 0 Å². The summed E-state index contributed by atoms with van der Waals surface area (Å²) in [5, 5.41) is 0. The molecular weight excluding hydrogens is 164 g/mol. The summed E-state index contributed by atoms with van der Waals surface area (Å²) in [6, 6.07) is 0. The van der Waals surface area contributed by atoms with Crippen molar-refractivity contribution in [3.63, 3.8) is 0 Å². The topological polar surface area (TPSA) is 54.4 Å². The fraction of sp³-hybridized carbons (Fsp3) is 0.714. The summed E-state index contributed by atoms with van der Waals surface area (Å²) in [7, 11) is -3.85. The first-order valence-electron chi connectivity index (χ1n) is 3.76. The van der Waals surface area contributed by atoms with Crippen LogP contribution < -0.4 is 0 Å². The average molecular weight is 174 g/mol. The van der Waals surface area contributed by atoms with Gasteiger partial charge in [-0.2, -0.15) is 8.42 Å². The third-order valence-electron chi connectivity index (χ3n) is 2.57. The summed E-state index contributed by atoms with van der Waals surface area (Å²) in [6.07, 6.45) is 3.46. The second kappa shape index (κ2) is 2.08. The molecule has 1 saturated carbocycles. The molecule has 0 saturated heterocycles. The molecule has 1 unspecified atom stereocenters. The molecule has 2 aliphatic carbocycles. The second-order valence-corrected chi connectivity index (χ2v) is 4.76. The van der Waals surface area contributed by atoms with Gasteiger partial charge < -0.3 is 0 Å². The molecule has 2 aliphatic rings. The predicted octanol–water partition coefficient (Wildman–Crippen LogP) is 1.33. The van der Waals surface area contributed by atoms with E-state index in [4.69, 9.17) is 4.55 Å². The third kappa shape index (κ3) is 1.10. The van der Waals surface area contributed by atoms with Crippen LogP contribution in [0.3, 0.4) is 0 Å². The highest BCUT2D eigenvalue weighted by Crippen LogP contribution is 2.45. The maximum atomic E-state index is 10.7. The molecule has 1 N–H and O–H groups in total. The Morgan fingerprint density at radius 1 is 1.36 bits per heavy atom. The molecule has 0 aromatic rings. The molecule has 0 aromatic carbocycles. The van der Waals surface area contributed by atoms with Crippen LogP contribution in [0.2, 0.25) is 0 Å². The van der Waals surface area contributed by atoms with Crippen molar-refractivity contribution in [1.82, 2.24) is 0 Å². The fourth-order valence-corrected chi connectivity index (χ4v) is 3.05. The lowest BCUT2D eigenvalue weighted by molar-refractivity contribution is 0.482. The molecule has 2 bridgehead atoms. The van der Waals surface area contributed by atoms with Gasteiger partial charge in [0.15, 0.2) is 0 Å². The van der Waals surface area contributed by atoms with Crippen LogP contribution in [0.25, 0.3) is 0 Å². The lowest BCUT2D eigenvalue weighted by Crippen LogP contribution is -2.05. The van der Waals surface area contributed by atoms with Gasteiger partial charge in [0.05, 0.1) is 4.91 Å². The number of fused-ring (bicyclic) bond motifs is 2. The highest BCUT2D eigenvalue weighted by atomic mass is 32.2. The standard InChI is InChI=1S/C7H10O3S/c8-11(9,10)7-4-5-1-2-6(7)3-5/h5H,1-4H2,(H,8,9,10). The van der Waals surface area contributed by atoms with Crippen LogP contribution in [0, 0.1) is 5.92 Å². The molecule has 0 radical (unpaired) electrons. The Morgan fingerprint density at radius 3 is 2.36 bits per heavy atom. The summed E-state index contributed by atoms with van der Waals surface area (Å²) in [5.41, 5.74) is 0.970. The molecular formula is C7H10O3S. The first kappa shape index (κ1) is 7.31. The third-order valence-corrected chi connectivity index (χ3v) is 3.65. The van der Waals surface area contributed by atoms with Crippen LogP contribution in [0.4, 0.5) is 0 Å². The number of allylic oxidation sites excluding steroid dienone is 2. The van der Waals surface area contributed by atoms with Gasteiger partial charge in [-0.25, -0.2) is 0 Å². The first-order chi connectivity index (χ1) is 5.07. The molecule has 62 valence electrons. The normalized spacial score (nSPS) is 30.1. The first-order valence-corrected chi connectivity index (χ1v) is 5.20. The van der Waals surface area contributed by atoms with Crippen molar-refractivity contribution in [2.75, 3.05) is 0 Å². The van der Waals surface area contributed by atoms with Crippen LogP contribution in [-0.4, -0.2) is 13.0 Å². The summed E-state index contributed by atoms with van der Waals surface area (Å²) in [5.74, 6) is 0.502. The van der Waals surface area contributed by atoms with Crippen LogP contribution in [0.5, 0.6) is 0 Å². The van der Waals surface area contributed by atoms with Crippen molar-refractivity contribution in [3.05, 3.63) is 10.5 Å². The zero-order valence-electron chi connectivity index (χ0n) is 6.08. The fourth-order valence-electron chi connectivity index (χ4n) is 2.05. The van der Waals surface area contributed by atoms with Crippen molar-refractivity contribution in [3.8, 4) is 0 Å². The summed E-state index contributed by atoms with van der Waals surface area (Å²) in [4.78, 5) is 0.314. The quantitative estimate of drug-likeness (QED) is 0.610. The van der Waals surface area contributed by atoms with E-state index in [1.54, 1.807) is 0 Å². The van der Waals surface area contributed by atoms with Gasteiger partial charge in [0, 0.05) is 0 Å². The Bertz CT molecular complexity index is 313.